The number of anilines is 1. The maximum Gasteiger partial charge on any atom is 0.243 e. The lowest BCUT2D eigenvalue weighted by atomic mass is 10.1. The van der Waals surface area contributed by atoms with E-state index < -0.39 is 10.0 Å². The van der Waals surface area contributed by atoms with Crippen molar-refractivity contribution in [3.05, 3.63) is 47.8 Å². The summed E-state index contributed by atoms with van der Waals surface area (Å²) in [5.74, 6) is 0.0408. The zero-order chi connectivity index (χ0) is 14.6. The van der Waals surface area contributed by atoms with Gasteiger partial charge in [-0.3, -0.25) is 0 Å². The minimum Gasteiger partial charge on any atom is -0.368 e. The summed E-state index contributed by atoms with van der Waals surface area (Å²) in [6.07, 6.45) is 3.32. The number of benzene rings is 1. The van der Waals surface area contributed by atoms with Crippen LogP contribution in [-0.4, -0.2) is 18.4 Å². The third kappa shape index (κ3) is 3.52. The molecule has 7 heteroatoms. The van der Waals surface area contributed by atoms with Crippen LogP contribution in [0.3, 0.4) is 0 Å². The Hall–Kier alpha value is -1.99. The van der Waals surface area contributed by atoms with Crippen LogP contribution in [0.15, 0.2) is 41.6 Å². The summed E-state index contributed by atoms with van der Waals surface area (Å²) in [6.45, 7) is 2.29. The van der Waals surface area contributed by atoms with Crippen LogP contribution in [0, 0.1) is 0 Å². The molecule has 0 atom stereocenters. The van der Waals surface area contributed by atoms with Gasteiger partial charge in [0.05, 0.1) is 12.4 Å². The van der Waals surface area contributed by atoms with E-state index in [0.717, 1.165) is 12.0 Å². The van der Waals surface area contributed by atoms with Crippen molar-refractivity contribution in [2.75, 3.05) is 5.73 Å². The maximum absolute atomic E-state index is 12.0. The van der Waals surface area contributed by atoms with Gasteiger partial charge in [-0.1, -0.05) is 31.2 Å². The third-order valence-corrected chi connectivity index (χ3v) is 4.21. The minimum atomic E-state index is -3.62. The fourth-order valence-corrected chi connectivity index (χ4v) is 2.53. The van der Waals surface area contributed by atoms with E-state index in [1.807, 2.05) is 24.3 Å². The number of nitrogens with two attached hydrogens (primary N) is 1. The van der Waals surface area contributed by atoms with E-state index in [9.17, 15) is 8.42 Å². The van der Waals surface area contributed by atoms with Gasteiger partial charge in [-0.2, -0.15) is 0 Å². The zero-order valence-corrected chi connectivity index (χ0v) is 11.9. The third-order valence-electron chi connectivity index (χ3n) is 2.86. The number of hydrogen-bond acceptors (Lipinski definition) is 5. The van der Waals surface area contributed by atoms with Gasteiger partial charge in [0, 0.05) is 6.54 Å². The lowest BCUT2D eigenvalue weighted by Gasteiger charge is -2.07. The highest BCUT2D eigenvalue weighted by molar-refractivity contribution is 7.89. The molecular weight excluding hydrogens is 276 g/mol. The molecule has 0 aliphatic heterocycles. The Labute approximate surface area is 118 Å². The average molecular weight is 292 g/mol. The number of aryl methyl sites for hydroxylation is 1. The van der Waals surface area contributed by atoms with Crippen LogP contribution in [0.5, 0.6) is 0 Å². The van der Waals surface area contributed by atoms with Crippen LogP contribution in [0.1, 0.15) is 18.1 Å². The molecule has 0 spiro atoms. The van der Waals surface area contributed by atoms with Crippen molar-refractivity contribution in [3.63, 3.8) is 0 Å². The van der Waals surface area contributed by atoms with E-state index in [0.29, 0.717) is 0 Å². The molecule has 0 fully saturated rings. The van der Waals surface area contributed by atoms with Crippen molar-refractivity contribution in [3.8, 4) is 0 Å². The standard InChI is InChI=1S/C13H16N4O2S/c1-2-10-3-5-11(6-4-10)7-17-20(18,19)12-8-15-13(14)16-9-12/h3-6,8-9,17H,2,7H2,1H3,(H2,14,15,16). The van der Waals surface area contributed by atoms with Gasteiger partial charge in [0.15, 0.2) is 0 Å². The topological polar surface area (TPSA) is 98.0 Å². The number of hydrogen-bond donors (Lipinski definition) is 2. The molecule has 2 aromatic rings. The Morgan fingerprint density at radius 1 is 1.10 bits per heavy atom. The predicted octanol–water partition coefficient (Wildman–Crippen LogP) is 1.10. The molecule has 20 heavy (non-hydrogen) atoms. The van der Waals surface area contributed by atoms with E-state index in [4.69, 9.17) is 5.73 Å². The summed E-state index contributed by atoms with van der Waals surface area (Å²) in [6, 6.07) is 7.77. The molecule has 0 amide bonds. The van der Waals surface area contributed by atoms with Gasteiger partial charge in [0.25, 0.3) is 0 Å². The number of nitrogens with zero attached hydrogens (tertiary/aromatic N) is 2. The van der Waals surface area contributed by atoms with E-state index in [-0.39, 0.29) is 17.4 Å². The van der Waals surface area contributed by atoms with Crippen molar-refractivity contribution in [1.29, 1.82) is 0 Å². The number of nitrogen functional groups attached to an aromatic ring is 1. The van der Waals surface area contributed by atoms with Crippen LogP contribution in [-0.2, 0) is 23.0 Å². The van der Waals surface area contributed by atoms with Crippen molar-refractivity contribution in [2.45, 2.75) is 24.8 Å². The first-order valence-electron chi connectivity index (χ1n) is 6.16. The van der Waals surface area contributed by atoms with Crippen molar-refractivity contribution in [1.82, 2.24) is 14.7 Å². The van der Waals surface area contributed by atoms with E-state index in [1.54, 1.807) is 0 Å². The molecule has 1 aromatic heterocycles. The summed E-state index contributed by atoms with van der Waals surface area (Å²) in [4.78, 5) is 7.34. The smallest absolute Gasteiger partial charge is 0.243 e. The highest BCUT2D eigenvalue weighted by atomic mass is 32.2. The van der Waals surface area contributed by atoms with E-state index in [2.05, 4.69) is 21.6 Å². The molecule has 106 valence electrons. The first-order chi connectivity index (χ1) is 9.51. The molecule has 0 unspecified atom stereocenters. The normalized spacial score (nSPS) is 11.4. The number of nitrogens with one attached hydrogen (secondary N) is 1. The molecule has 0 aliphatic carbocycles. The number of sulfonamides is 1. The van der Waals surface area contributed by atoms with E-state index >= 15 is 0 Å². The monoisotopic (exact) mass is 292 g/mol. The molecule has 3 N–H and O–H groups in total. The summed E-state index contributed by atoms with van der Waals surface area (Å²) in [5, 5.41) is 0. The van der Waals surface area contributed by atoms with Gasteiger partial charge < -0.3 is 5.73 Å². The van der Waals surface area contributed by atoms with Crippen molar-refractivity contribution < 1.29 is 8.42 Å². The second-order valence-electron chi connectivity index (χ2n) is 4.27. The average Bonchev–Trinajstić information content (AvgIpc) is 2.46. The molecule has 6 nitrogen and oxygen atoms in total. The maximum atomic E-state index is 12.0. The molecule has 1 aromatic carbocycles. The fourth-order valence-electron chi connectivity index (χ4n) is 1.62. The first-order valence-corrected chi connectivity index (χ1v) is 7.64. The van der Waals surface area contributed by atoms with E-state index in [1.165, 1.54) is 18.0 Å². The molecule has 0 bridgehead atoms. The molecule has 1 heterocycles. The first kappa shape index (κ1) is 14.4. The van der Waals surface area contributed by atoms with Crippen molar-refractivity contribution in [2.24, 2.45) is 0 Å². The Morgan fingerprint density at radius 3 is 2.20 bits per heavy atom. The highest BCUT2D eigenvalue weighted by Gasteiger charge is 2.14. The fraction of sp³-hybridized carbons (Fsp3) is 0.231. The lowest BCUT2D eigenvalue weighted by Crippen LogP contribution is -2.23. The molecule has 0 aliphatic rings. The van der Waals surface area contributed by atoms with Crippen LogP contribution in [0.25, 0.3) is 0 Å². The van der Waals surface area contributed by atoms with Crippen LogP contribution < -0.4 is 10.5 Å². The Bertz CT molecular complexity index is 667. The van der Waals surface area contributed by atoms with Crippen molar-refractivity contribution >= 4 is 16.0 Å². The SMILES string of the molecule is CCc1ccc(CNS(=O)(=O)c2cnc(N)nc2)cc1. The quantitative estimate of drug-likeness (QED) is 0.860. The Kier molecular flexibility index (Phi) is 4.31. The number of rotatable bonds is 5. The van der Waals surface area contributed by atoms with Crippen LogP contribution >= 0.6 is 0 Å². The van der Waals surface area contributed by atoms with Crippen LogP contribution in [0.2, 0.25) is 0 Å². The Morgan fingerprint density at radius 2 is 1.65 bits per heavy atom. The Balaban J connectivity index is 2.06. The molecule has 0 radical (unpaired) electrons. The summed E-state index contributed by atoms with van der Waals surface area (Å²) in [5.41, 5.74) is 7.43. The second-order valence-corrected chi connectivity index (χ2v) is 6.04. The predicted molar refractivity (Wildman–Crippen MR) is 76.3 cm³/mol. The molecular formula is C13H16N4O2S. The second kappa shape index (κ2) is 5.98. The highest BCUT2D eigenvalue weighted by Crippen LogP contribution is 2.09. The van der Waals surface area contributed by atoms with Crippen LogP contribution in [0.4, 0.5) is 5.95 Å². The van der Waals surface area contributed by atoms with Gasteiger partial charge in [0.1, 0.15) is 4.90 Å². The molecule has 0 saturated carbocycles. The van der Waals surface area contributed by atoms with Gasteiger partial charge in [-0.15, -0.1) is 0 Å². The van der Waals surface area contributed by atoms with Gasteiger partial charge in [-0.05, 0) is 17.5 Å². The largest absolute Gasteiger partial charge is 0.368 e. The summed E-state index contributed by atoms with van der Waals surface area (Å²) in [7, 11) is -3.62. The molecule has 0 saturated heterocycles. The van der Waals surface area contributed by atoms with Gasteiger partial charge >= 0.3 is 0 Å². The summed E-state index contributed by atoms with van der Waals surface area (Å²) < 4.78 is 26.5. The zero-order valence-electron chi connectivity index (χ0n) is 11.1. The molecule has 2 rings (SSSR count). The van der Waals surface area contributed by atoms with Gasteiger partial charge in [-0.25, -0.2) is 23.1 Å². The number of aromatic nitrogens is 2. The lowest BCUT2D eigenvalue weighted by molar-refractivity contribution is 0.580. The van der Waals surface area contributed by atoms with Gasteiger partial charge in [0.2, 0.25) is 16.0 Å². The summed E-state index contributed by atoms with van der Waals surface area (Å²) >= 11 is 0. The minimum absolute atomic E-state index is 0.00289.